The molecule has 2 heterocycles. The second kappa shape index (κ2) is 4.81. The van der Waals surface area contributed by atoms with Gasteiger partial charge >= 0.3 is 0 Å². The topological polar surface area (TPSA) is 58.9 Å². The van der Waals surface area contributed by atoms with Crippen molar-refractivity contribution in [3.05, 3.63) is 62.9 Å². The van der Waals surface area contributed by atoms with Crippen molar-refractivity contribution in [1.82, 2.24) is 9.97 Å². The summed E-state index contributed by atoms with van der Waals surface area (Å²) in [6.45, 7) is 1.99. The van der Waals surface area contributed by atoms with Gasteiger partial charge in [0.25, 0.3) is 5.56 Å². The van der Waals surface area contributed by atoms with E-state index < -0.39 is 0 Å². The lowest BCUT2D eigenvalue weighted by Gasteiger charge is -2.04. The van der Waals surface area contributed by atoms with Crippen molar-refractivity contribution in [2.75, 3.05) is 0 Å². The van der Waals surface area contributed by atoms with Crippen LogP contribution in [-0.2, 0) is 0 Å². The highest BCUT2D eigenvalue weighted by Gasteiger charge is 2.15. The highest BCUT2D eigenvalue weighted by atomic mass is 79.9. The molecule has 4 nitrogen and oxygen atoms in total. The van der Waals surface area contributed by atoms with E-state index in [1.165, 1.54) is 0 Å². The highest BCUT2D eigenvalue weighted by Crippen LogP contribution is 2.29. The fourth-order valence-electron chi connectivity index (χ4n) is 2.59. The number of aryl methyl sites for hydroxylation is 1. The molecule has 2 aromatic carbocycles. The summed E-state index contributed by atoms with van der Waals surface area (Å²) in [5.74, 6) is 0.554. The van der Waals surface area contributed by atoms with Gasteiger partial charge in [0.15, 0.2) is 0 Å². The van der Waals surface area contributed by atoms with E-state index in [0.717, 1.165) is 21.0 Å². The summed E-state index contributed by atoms with van der Waals surface area (Å²) in [5.41, 5.74) is 3.18. The second-order valence-corrected chi connectivity index (χ2v) is 6.07. The Morgan fingerprint density at radius 2 is 2.00 bits per heavy atom. The van der Waals surface area contributed by atoms with Crippen LogP contribution in [0.5, 0.6) is 0 Å². The van der Waals surface area contributed by atoms with Crippen molar-refractivity contribution >= 4 is 38.0 Å². The van der Waals surface area contributed by atoms with E-state index in [1.54, 1.807) is 0 Å². The Kier molecular flexibility index (Phi) is 2.90. The second-order valence-electron chi connectivity index (χ2n) is 5.15. The van der Waals surface area contributed by atoms with E-state index in [1.807, 2.05) is 49.4 Å². The molecule has 1 N–H and O–H groups in total. The zero-order valence-electron chi connectivity index (χ0n) is 11.7. The van der Waals surface area contributed by atoms with Gasteiger partial charge in [-0.1, -0.05) is 40.2 Å². The molecule has 0 saturated carbocycles. The van der Waals surface area contributed by atoms with E-state index >= 15 is 0 Å². The van der Waals surface area contributed by atoms with Gasteiger partial charge in [-0.2, -0.15) is 0 Å². The van der Waals surface area contributed by atoms with Gasteiger partial charge in [-0.3, -0.25) is 4.79 Å². The highest BCUT2D eigenvalue weighted by molar-refractivity contribution is 9.10. The van der Waals surface area contributed by atoms with Gasteiger partial charge in [0.05, 0.1) is 0 Å². The van der Waals surface area contributed by atoms with Crippen molar-refractivity contribution in [1.29, 1.82) is 0 Å². The van der Waals surface area contributed by atoms with Crippen molar-refractivity contribution in [3.8, 4) is 11.4 Å². The van der Waals surface area contributed by atoms with Gasteiger partial charge in [0.2, 0.25) is 5.58 Å². The summed E-state index contributed by atoms with van der Waals surface area (Å²) >= 11 is 3.44. The number of aromatic nitrogens is 2. The molecule has 4 rings (SSSR count). The lowest BCUT2D eigenvalue weighted by Crippen LogP contribution is -2.08. The summed E-state index contributed by atoms with van der Waals surface area (Å²) in [6.07, 6.45) is 0. The molecule has 0 aliphatic rings. The number of aromatic amines is 1. The van der Waals surface area contributed by atoms with Crippen LogP contribution in [0.15, 0.2) is 56.1 Å². The van der Waals surface area contributed by atoms with Crippen LogP contribution in [-0.4, -0.2) is 9.97 Å². The number of hydrogen-bond donors (Lipinski definition) is 1. The molecule has 0 spiro atoms. The molecule has 0 bridgehead atoms. The largest absolute Gasteiger partial charge is 0.449 e. The number of halogens is 1. The number of H-pyrrole nitrogens is 1. The zero-order chi connectivity index (χ0) is 15.3. The lowest BCUT2D eigenvalue weighted by molar-refractivity contribution is 0.661. The van der Waals surface area contributed by atoms with Crippen LogP contribution < -0.4 is 5.56 Å². The Morgan fingerprint density at radius 1 is 1.18 bits per heavy atom. The van der Waals surface area contributed by atoms with Gasteiger partial charge < -0.3 is 9.40 Å². The van der Waals surface area contributed by atoms with Crippen molar-refractivity contribution < 1.29 is 4.42 Å². The predicted molar refractivity (Wildman–Crippen MR) is 90.0 cm³/mol. The van der Waals surface area contributed by atoms with Crippen LogP contribution in [0.4, 0.5) is 0 Å². The van der Waals surface area contributed by atoms with Gasteiger partial charge in [-0.15, -0.1) is 0 Å². The average Bonchev–Trinajstić information content (AvgIpc) is 2.86. The zero-order valence-corrected chi connectivity index (χ0v) is 13.3. The number of benzene rings is 2. The van der Waals surface area contributed by atoms with Crippen LogP contribution in [0.25, 0.3) is 33.5 Å². The third kappa shape index (κ3) is 1.97. The van der Waals surface area contributed by atoms with E-state index in [0.29, 0.717) is 16.9 Å². The molecule has 2 aromatic heterocycles. The third-order valence-corrected chi connectivity index (χ3v) is 4.18. The maximum Gasteiger partial charge on any atom is 0.294 e. The van der Waals surface area contributed by atoms with Crippen LogP contribution >= 0.6 is 15.9 Å². The SMILES string of the molecule is Cc1ccccc1-c1nc2c(oc3ccc(Br)cc32)c(=O)[nH]1. The average molecular weight is 355 g/mol. The lowest BCUT2D eigenvalue weighted by atomic mass is 10.1. The smallest absolute Gasteiger partial charge is 0.294 e. The molecule has 0 atom stereocenters. The van der Waals surface area contributed by atoms with Crippen LogP contribution in [0.3, 0.4) is 0 Å². The summed E-state index contributed by atoms with van der Waals surface area (Å²) in [7, 11) is 0. The molecule has 0 fully saturated rings. The van der Waals surface area contributed by atoms with Crippen molar-refractivity contribution in [3.63, 3.8) is 0 Å². The summed E-state index contributed by atoms with van der Waals surface area (Å²) in [6, 6.07) is 13.4. The van der Waals surface area contributed by atoms with E-state index in [9.17, 15) is 4.79 Å². The Labute approximate surface area is 133 Å². The molecule has 0 radical (unpaired) electrons. The number of fused-ring (bicyclic) bond motifs is 3. The Morgan fingerprint density at radius 3 is 2.82 bits per heavy atom. The molecule has 0 aliphatic carbocycles. The quantitative estimate of drug-likeness (QED) is 0.550. The molecule has 0 aliphatic heterocycles. The fourth-order valence-corrected chi connectivity index (χ4v) is 2.95. The fraction of sp³-hybridized carbons (Fsp3) is 0.0588. The maximum atomic E-state index is 12.3. The molecule has 5 heteroatoms. The molecule has 0 amide bonds. The molecule has 22 heavy (non-hydrogen) atoms. The number of furan rings is 1. The standard InChI is InChI=1S/C17H11BrN2O2/c1-9-4-2-3-5-11(9)16-19-14-12-8-10(18)6-7-13(12)22-15(14)17(21)20-16/h2-8H,1H3,(H,19,20,21). The monoisotopic (exact) mass is 354 g/mol. The summed E-state index contributed by atoms with van der Waals surface area (Å²) in [5, 5.41) is 0.824. The number of nitrogens with zero attached hydrogens (tertiary/aromatic N) is 1. The minimum Gasteiger partial charge on any atom is -0.449 e. The Balaban J connectivity index is 2.11. The summed E-state index contributed by atoms with van der Waals surface area (Å²) < 4.78 is 6.55. The summed E-state index contributed by atoms with van der Waals surface area (Å²) in [4.78, 5) is 19.8. The van der Waals surface area contributed by atoms with Crippen molar-refractivity contribution in [2.24, 2.45) is 0 Å². The molecule has 0 saturated heterocycles. The van der Waals surface area contributed by atoms with Crippen LogP contribution in [0, 0.1) is 6.92 Å². The van der Waals surface area contributed by atoms with Gasteiger partial charge in [-0.25, -0.2) is 4.98 Å². The number of rotatable bonds is 1. The Bertz CT molecular complexity index is 1080. The number of nitrogens with one attached hydrogen (secondary N) is 1. The van der Waals surface area contributed by atoms with Gasteiger partial charge in [0, 0.05) is 15.4 Å². The van der Waals surface area contributed by atoms with E-state index in [4.69, 9.17) is 4.42 Å². The first-order valence-corrected chi connectivity index (χ1v) is 7.61. The van der Waals surface area contributed by atoms with Gasteiger partial charge in [0.1, 0.15) is 16.9 Å². The third-order valence-electron chi connectivity index (χ3n) is 3.69. The predicted octanol–water partition coefficient (Wildman–Crippen LogP) is 4.41. The van der Waals surface area contributed by atoms with E-state index in [-0.39, 0.29) is 11.1 Å². The normalized spacial score (nSPS) is 11.4. The van der Waals surface area contributed by atoms with Crippen molar-refractivity contribution in [2.45, 2.75) is 6.92 Å². The molecule has 4 aromatic rings. The first-order chi connectivity index (χ1) is 10.6. The molecular weight excluding hydrogens is 344 g/mol. The maximum absolute atomic E-state index is 12.3. The molecular formula is C17H11BrN2O2. The van der Waals surface area contributed by atoms with E-state index in [2.05, 4.69) is 25.9 Å². The molecule has 0 unspecified atom stereocenters. The first kappa shape index (κ1) is 13.3. The van der Waals surface area contributed by atoms with Crippen LogP contribution in [0.2, 0.25) is 0 Å². The Hall–Kier alpha value is -2.40. The number of hydrogen-bond acceptors (Lipinski definition) is 3. The first-order valence-electron chi connectivity index (χ1n) is 6.81. The molecule has 108 valence electrons. The van der Waals surface area contributed by atoms with Crippen LogP contribution in [0.1, 0.15) is 5.56 Å². The minimum atomic E-state index is -0.268. The van der Waals surface area contributed by atoms with Gasteiger partial charge in [-0.05, 0) is 30.7 Å². The minimum absolute atomic E-state index is 0.255.